The van der Waals surface area contributed by atoms with Crippen LogP contribution in [0.2, 0.25) is 0 Å². The Bertz CT molecular complexity index is 359. The van der Waals surface area contributed by atoms with Crippen molar-refractivity contribution in [1.29, 1.82) is 0 Å². The molecule has 0 aliphatic rings. The molecule has 0 aliphatic carbocycles. The Balaban J connectivity index is 2.47. The molecule has 0 bridgehead atoms. The van der Waals surface area contributed by atoms with Gasteiger partial charge in [0, 0.05) is 0 Å². The molecule has 1 aromatic heterocycles. The van der Waals surface area contributed by atoms with Crippen LogP contribution in [0.25, 0.3) is 0 Å². The first-order valence-corrected chi connectivity index (χ1v) is 5.89. The van der Waals surface area contributed by atoms with Crippen molar-refractivity contribution >= 4 is 28.5 Å². The minimum atomic E-state index is -0.591. The number of aromatic nitrogens is 2. The molecule has 1 aromatic rings. The number of nitrogens with zero attached hydrogens (tertiary/aromatic N) is 2. The van der Waals surface area contributed by atoms with Gasteiger partial charge in [-0.1, -0.05) is 11.3 Å². The number of rotatable bonds is 5. The highest BCUT2D eigenvalue weighted by molar-refractivity contribution is 7.15. The largest absolute Gasteiger partial charge is 0.466 e. The van der Waals surface area contributed by atoms with E-state index in [9.17, 15) is 9.59 Å². The summed E-state index contributed by atoms with van der Waals surface area (Å²) in [6, 6.07) is 0. The molecule has 1 heterocycles. The van der Waals surface area contributed by atoms with Crippen molar-refractivity contribution in [3.63, 3.8) is 0 Å². The smallest absolute Gasteiger partial charge is 0.413 e. The monoisotopic (exact) mass is 259 g/mol. The number of carbonyl (C=O) groups excluding carboxylic acids is 2. The standard InChI is InChI=1S/C9H13N3O4S/c1-3-15-7(13)5-6-11-12-8(17-6)10-9(14)16-4-2/h3-5H2,1-2H3,(H,10,12,14). The first-order valence-electron chi connectivity index (χ1n) is 5.07. The summed E-state index contributed by atoms with van der Waals surface area (Å²) in [5.74, 6) is -0.369. The van der Waals surface area contributed by atoms with Crippen LogP contribution in [0.5, 0.6) is 0 Å². The average molecular weight is 259 g/mol. The highest BCUT2D eigenvalue weighted by atomic mass is 32.1. The number of ether oxygens (including phenoxy) is 2. The fourth-order valence-corrected chi connectivity index (χ4v) is 1.68. The molecule has 8 heteroatoms. The van der Waals surface area contributed by atoms with Crippen molar-refractivity contribution in [3.05, 3.63) is 5.01 Å². The second-order valence-corrected chi connectivity index (χ2v) is 3.89. The molecule has 0 radical (unpaired) electrons. The quantitative estimate of drug-likeness (QED) is 0.799. The molecule has 0 spiro atoms. The van der Waals surface area contributed by atoms with E-state index in [-0.39, 0.29) is 19.0 Å². The average Bonchev–Trinajstić information content (AvgIpc) is 2.66. The van der Waals surface area contributed by atoms with Crippen molar-refractivity contribution < 1.29 is 19.1 Å². The third kappa shape index (κ3) is 4.77. The molecule has 0 saturated carbocycles. The zero-order valence-electron chi connectivity index (χ0n) is 9.56. The van der Waals surface area contributed by atoms with Gasteiger partial charge >= 0.3 is 12.1 Å². The minimum Gasteiger partial charge on any atom is -0.466 e. The van der Waals surface area contributed by atoms with E-state index < -0.39 is 6.09 Å². The lowest BCUT2D eigenvalue weighted by Crippen LogP contribution is -2.12. The fourth-order valence-electron chi connectivity index (χ4n) is 0.966. The second-order valence-electron chi connectivity index (χ2n) is 2.83. The van der Waals surface area contributed by atoms with E-state index in [1.54, 1.807) is 13.8 Å². The molecule has 94 valence electrons. The lowest BCUT2D eigenvalue weighted by molar-refractivity contribution is -0.142. The predicted molar refractivity (Wildman–Crippen MR) is 60.9 cm³/mol. The molecule has 0 fully saturated rings. The Kier molecular flexibility index (Phi) is 5.34. The summed E-state index contributed by atoms with van der Waals surface area (Å²) in [6.07, 6.45) is -0.540. The normalized spacial score (nSPS) is 9.76. The first kappa shape index (κ1) is 13.4. The van der Waals surface area contributed by atoms with Crippen LogP contribution in [0.1, 0.15) is 18.9 Å². The maximum Gasteiger partial charge on any atom is 0.413 e. The molecule has 1 amide bonds. The molecule has 0 unspecified atom stereocenters. The SMILES string of the molecule is CCOC(=O)Cc1nnc(NC(=O)OCC)s1. The van der Waals surface area contributed by atoms with E-state index in [2.05, 4.69) is 20.3 Å². The predicted octanol–water partition coefficient (Wildman–Crippen LogP) is 1.21. The van der Waals surface area contributed by atoms with Crippen molar-refractivity contribution in [2.45, 2.75) is 20.3 Å². The van der Waals surface area contributed by atoms with E-state index in [0.717, 1.165) is 11.3 Å². The van der Waals surface area contributed by atoms with E-state index in [0.29, 0.717) is 16.7 Å². The second kappa shape index (κ2) is 6.79. The molecular weight excluding hydrogens is 246 g/mol. The minimum absolute atomic E-state index is 0.0516. The molecular formula is C9H13N3O4S. The Morgan fingerprint density at radius 3 is 2.59 bits per heavy atom. The third-order valence-corrected chi connectivity index (χ3v) is 2.39. The number of esters is 1. The van der Waals surface area contributed by atoms with Gasteiger partial charge in [-0.2, -0.15) is 0 Å². The van der Waals surface area contributed by atoms with Gasteiger partial charge in [-0.3, -0.25) is 10.1 Å². The zero-order valence-corrected chi connectivity index (χ0v) is 10.4. The number of hydrogen-bond donors (Lipinski definition) is 1. The van der Waals surface area contributed by atoms with Gasteiger partial charge in [0.15, 0.2) is 0 Å². The highest BCUT2D eigenvalue weighted by Gasteiger charge is 2.11. The van der Waals surface area contributed by atoms with Gasteiger partial charge in [-0.15, -0.1) is 10.2 Å². The van der Waals surface area contributed by atoms with E-state index in [1.165, 1.54) is 0 Å². The summed E-state index contributed by atoms with van der Waals surface area (Å²) in [5.41, 5.74) is 0. The summed E-state index contributed by atoms with van der Waals surface area (Å²) in [7, 11) is 0. The van der Waals surface area contributed by atoms with Crippen LogP contribution in [0, 0.1) is 0 Å². The number of nitrogens with one attached hydrogen (secondary N) is 1. The van der Waals surface area contributed by atoms with Crippen LogP contribution < -0.4 is 5.32 Å². The Morgan fingerprint density at radius 2 is 1.94 bits per heavy atom. The van der Waals surface area contributed by atoms with Crippen LogP contribution >= 0.6 is 11.3 Å². The molecule has 17 heavy (non-hydrogen) atoms. The summed E-state index contributed by atoms with van der Waals surface area (Å²) in [4.78, 5) is 22.2. The molecule has 0 aliphatic heterocycles. The van der Waals surface area contributed by atoms with Crippen molar-refractivity contribution in [2.75, 3.05) is 18.5 Å². The highest BCUT2D eigenvalue weighted by Crippen LogP contribution is 2.16. The van der Waals surface area contributed by atoms with Crippen LogP contribution in [-0.2, 0) is 20.7 Å². The summed E-state index contributed by atoms with van der Waals surface area (Å²) in [5, 5.41) is 10.6. The Morgan fingerprint density at radius 1 is 1.24 bits per heavy atom. The number of hydrogen-bond acceptors (Lipinski definition) is 7. The molecule has 1 N–H and O–H groups in total. The molecule has 1 rings (SSSR count). The van der Waals surface area contributed by atoms with E-state index in [4.69, 9.17) is 4.74 Å². The Labute approximate surface area is 102 Å². The lowest BCUT2D eigenvalue weighted by atomic mass is 10.5. The van der Waals surface area contributed by atoms with Gasteiger partial charge < -0.3 is 9.47 Å². The molecule has 0 saturated heterocycles. The van der Waals surface area contributed by atoms with Gasteiger partial charge in [-0.25, -0.2) is 4.79 Å². The van der Waals surface area contributed by atoms with Gasteiger partial charge in [0.05, 0.1) is 19.6 Å². The van der Waals surface area contributed by atoms with Crippen molar-refractivity contribution in [2.24, 2.45) is 0 Å². The van der Waals surface area contributed by atoms with Gasteiger partial charge in [0.2, 0.25) is 5.13 Å². The number of amides is 1. The zero-order chi connectivity index (χ0) is 12.7. The van der Waals surface area contributed by atoms with Crippen LogP contribution in [0.15, 0.2) is 0 Å². The number of carbonyl (C=O) groups is 2. The van der Waals surface area contributed by atoms with Gasteiger partial charge in [-0.05, 0) is 13.8 Å². The van der Waals surface area contributed by atoms with Crippen LogP contribution in [-0.4, -0.2) is 35.5 Å². The molecule has 0 aromatic carbocycles. The summed E-state index contributed by atoms with van der Waals surface area (Å²) >= 11 is 1.11. The first-order chi connectivity index (χ1) is 8.15. The maximum atomic E-state index is 11.2. The Hall–Kier alpha value is -1.70. The maximum absolute atomic E-state index is 11.2. The van der Waals surface area contributed by atoms with E-state index in [1.807, 2.05) is 0 Å². The van der Waals surface area contributed by atoms with Gasteiger partial charge in [0.25, 0.3) is 0 Å². The van der Waals surface area contributed by atoms with Crippen molar-refractivity contribution in [3.8, 4) is 0 Å². The van der Waals surface area contributed by atoms with Crippen molar-refractivity contribution in [1.82, 2.24) is 10.2 Å². The fraction of sp³-hybridized carbons (Fsp3) is 0.556. The molecule has 0 atom stereocenters. The topological polar surface area (TPSA) is 90.4 Å². The van der Waals surface area contributed by atoms with Gasteiger partial charge in [0.1, 0.15) is 5.01 Å². The van der Waals surface area contributed by atoms with E-state index >= 15 is 0 Å². The number of anilines is 1. The third-order valence-electron chi connectivity index (χ3n) is 1.55. The summed E-state index contributed by atoms with van der Waals surface area (Å²) in [6.45, 7) is 4.03. The summed E-state index contributed by atoms with van der Waals surface area (Å²) < 4.78 is 9.43. The van der Waals surface area contributed by atoms with Crippen LogP contribution in [0.4, 0.5) is 9.93 Å². The lowest BCUT2D eigenvalue weighted by Gasteiger charge is -1.99. The molecule has 7 nitrogen and oxygen atoms in total. The van der Waals surface area contributed by atoms with Crippen LogP contribution in [0.3, 0.4) is 0 Å².